The highest BCUT2D eigenvalue weighted by Gasteiger charge is 2.14. The van der Waals surface area contributed by atoms with Gasteiger partial charge in [-0.2, -0.15) is 0 Å². The van der Waals surface area contributed by atoms with Gasteiger partial charge in [0.25, 0.3) is 0 Å². The second kappa shape index (κ2) is 10.8. The Balaban J connectivity index is 1.70. The molecular formula is C18H19Cl2N3O4S2. The summed E-state index contributed by atoms with van der Waals surface area (Å²) in [4.78, 5) is 24.4. The Bertz CT molecular complexity index is 983. The number of halogens is 2. The highest BCUT2D eigenvalue weighted by atomic mass is 35.5. The molecule has 11 heteroatoms. The summed E-state index contributed by atoms with van der Waals surface area (Å²) >= 11 is 13.1. The van der Waals surface area contributed by atoms with Crippen molar-refractivity contribution in [3.8, 4) is 0 Å². The predicted octanol–water partition coefficient (Wildman–Crippen LogP) is 2.91. The third-order valence-corrected chi connectivity index (χ3v) is 6.78. The number of benzene rings is 2. The summed E-state index contributed by atoms with van der Waals surface area (Å²) in [5, 5.41) is 0.968. The van der Waals surface area contributed by atoms with Crippen molar-refractivity contribution in [1.29, 1.82) is 0 Å². The molecule has 2 amide bonds. The van der Waals surface area contributed by atoms with Gasteiger partial charge in [-0.3, -0.25) is 20.4 Å². The van der Waals surface area contributed by atoms with Crippen molar-refractivity contribution >= 4 is 56.8 Å². The summed E-state index contributed by atoms with van der Waals surface area (Å²) in [6.45, 7) is 1.75. The summed E-state index contributed by atoms with van der Waals surface area (Å²) < 4.78 is 26.6. The first-order valence-corrected chi connectivity index (χ1v) is 11.6. The Morgan fingerprint density at radius 2 is 1.66 bits per heavy atom. The summed E-state index contributed by atoms with van der Waals surface area (Å²) in [7, 11) is -3.69. The smallest absolute Gasteiger partial charge is 0.248 e. The van der Waals surface area contributed by atoms with Crippen LogP contribution in [0, 0.1) is 6.92 Å². The van der Waals surface area contributed by atoms with Crippen LogP contribution in [0.2, 0.25) is 10.0 Å². The van der Waals surface area contributed by atoms with Gasteiger partial charge in [-0.15, -0.1) is 11.8 Å². The zero-order valence-corrected chi connectivity index (χ0v) is 18.5. The minimum atomic E-state index is -3.69. The number of carbonyl (C=O) groups is 2. The third kappa shape index (κ3) is 7.87. The van der Waals surface area contributed by atoms with Crippen LogP contribution in [0.1, 0.15) is 12.0 Å². The molecule has 0 bridgehead atoms. The van der Waals surface area contributed by atoms with E-state index in [-0.39, 0.29) is 23.6 Å². The van der Waals surface area contributed by atoms with Crippen LogP contribution in [0.25, 0.3) is 0 Å². The average Bonchev–Trinajstić information content (AvgIpc) is 2.67. The normalized spacial score (nSPS) is 11.1. The van der Waals surface area contributed by atoms with E-state index in [1.165, 1.54) is 23.9 Å². The van der Waals surface area contributed by atoms with Crippen molar-refractivity contribution in [2.24, 2.45) is 0 Å². The topological polar surface area (TPSA) is 104 Å². The van der Waals surface area contributed by atoms with Crippen molar-refractivity contribution in [2.75, 3.05) is 12.3 Å². The largest absolute Gasteiger partial charge is 0.273 e. The molecule has 0 radical (unpaired) electrons. The molecule has 0 heterocycles. The highest BCUT2D eigenvalue weighted by Crippen LogP contribution is 2.29. The van der Waals surface area contributed by atoms with E-state index in [1.807, 2.05) is 6.92 Å². The number of nitrogens with one attached hydrogen (secondary N) is 3. The number of hydrogen-bond donors (Lipinski definition) is 3. The van der Waals surface area contributed by atoms with Gasteiger partial charge < -0.3 is 0 Å². The molecule has 29 heavy (non-hydrogen) atoms. The van der Waals surface area contributed by atoms with Gasteiger partial charge in [-0.05, 0) is 37.3 Å². The number of rotatable bonds is 8. The van der Waals surface area contributed by atoms with E-state index in [0.29, 0.717) is 14.9 Å². The van der Waals surface area contributed by atoms with Gasteiger partial charge in [-0.1, -0.05) is 40.9 Å². The molecule has 2 aromatic carbocycles. The Labute approximate surface area is 183 Å². The molecule has 2 rings (SSSR count). The Morgan fingerprint density at radius 3 is 2.34 bits per heavy atom. The minimum Gasteiger partial charge on any atom is -0.273 e. The number of hydrogen-bond acceptors (Lipinski definition) is 5. The summed E-state index contributed by atoms with van der Waals surface area (Å²) in [5.74, 6) is -0.962. The standard InChI is InChI=1S/C18H19Cl2N3O4S2/c1-12-2-5-14(6-3-12)29(26,27)21-9-8-17(24)22-23-18(25)11-28-16-10-13(19)4-7-15(16)20/h2-7,10,21H,8-9,11H2,1H3,(H,22,24)(H,23,25). The lowest BCUT2D eigenvalue weighted by Crippen LogP contribution is -2.43. The monoisotopic (exact) mass is 475 g/mol. The average molecular weight is 476 g/mol. The van der Waals surface area contributed by atoms with Crippen LogP contribution in [0.5, 0.6) is 0 Å². The molecule has 156 valence electrons. The van der Waals surface area contributed by atoms with Crippen LogP contribution in [-0.2, 0) is 19.6 Å². The predicted molar refractivity (Wildman–Crippen MR) is 114 cm³/mol. The molecule has 3 N–H and O–H groups in total. The molecule has 0 spiro atoms. The zero-order valence-electron chi connectivity index (χ0n) is 15.4. The Morgan fingerprint density at radius 1 is 1.00 bits per heavy atom. The van der Waals surface area contributed by atoms with Crippen LogP contribution in [0.3, 0.4) is 0 Å². The van der Waals surface area contributed by atoms with Crippen molar-refractivity contribution in [2.45, 2.75) is 23.1 Å². The number of thioether (sulfide) groups is 1. The maximum absolute atomic E-state index is 12.1. The fourth-order valence-electron chi connectivity index (χ4n) is 2.07. The van der Waals surface area contributed by atoms with Gasteiger partial charge in [0.05, 0.1) is 15.7 Å². The molecule has 0 unspecified atom stereocenters. The van der Waals surface area contributed by atoms with E-state index in [0.717, 1.165) is 5.56 Å². The number of carbonyl (C=O) groups excluding carboxylic acids is 2. The molecular weight excluding hydrogens is 457 g/mol. The third-order valence-electron chi connectivity index (χ3n) is 3.57. The first kappa shape index (κ1) is 23.5. The van der Waals surface area contributed by atoms with Crippen molar-refractivity contribution in [1.82, 2.24) is 15.6 Å². The molecule has 0 saturated heterocycles. The van der Waals surface area contributed by atoms with E-state index in [4.69, 9.17) is 23.2 Å². The van der Waals surface area contributed by atoms with Crippen LogP contribution in [0.15, 0.2) is 52.3 Å². The first-order chi connectivity index (χ1) is 13.7. The molecule has 0 aliphatic rings. The van der Waals surface area contributed by atoms with Crippen molar-refractivity contribution in [3.63, 3.8) is 0 Å². The second-order valence-corrected chi connectivity index (χ2v) is 9.55. The molecule has 0 aliphatic heterocycles. The molecule has 0 aromatic heterocycles. The Kier molecular flexibility index (Phi) is 8.79. The number of hydrazine groups is 1. The molecule has 0 atom stereocenters. The maximum atomic E-state index is 12.1. The van der Waals surface area contributed by atoms with E-state index < -0.39 is 21.8 Å². The van der Waals surface area contributed by atoms with Crippen LogP contribution in [-0.4, -0.2) is 32.5 Å². The van der Waals surface area contributed by atoms with Crippen LogP contribution >= 0.6 is 35.0 Å². The molecule has 0 aliphatic carbocycles. The fourth-order valence-corrected chi connectivity index (χ4v) is 4.39. The Hall–Kier alpha value is -1.78. The zero-order chi connectivity index (χ0) is 21.4. The first-order valence-electron chi connectivity index (χ1n) is 8.39. The lowest BCUT2D eigenvalue weighted by atomic mass is 10.2. The van der Waals surface area contributed by atoms with E-state index in [1.54, 1.807) is 30.3 Å². The van der Waals surface area contributed by atoms with E-state index in [9.17, 15) is 18.0 Å². The second-order valence-electron chi connectivity index (χ2n) is 5.92. The molecule has 2 aromatic rings. The SMILES string of the molecule is Cc1ccc(S(=O)(=O)NCCC(=O)NNC(=O)CSc2cc(Cl)ccc2Cl)cc1. The van der Waals surface area contributed by atoms with E-state index >= 15 is 0 Å². The van der Waals surface area contributed by atoms with Gasteiger partial charge in [0.1, 0.15) is 0 Å². The molecule has 0 saturated carbocycles. The van der Waals surface area contributed by atoms with Crippen LogP contribution in [0.4, 0.5) is 0 Å². The number of amides is 2. The number of sulfonamides is 1. The molecule has 0 fully saturated rings. The number of aryl methyl sites for hydroxylation is 1. The highest BCUT2D eigenvalue weighted by molar-refractivity contribution is 8.00. The van der Waals surface area contributed by atoms with E-state index in [2.05, 4.69) is 15.6 Å². The minimum absolute atomic E-state index is 0.0143. The summed E-state index contributed by atoms with van der Waals surface area (Å²) in [5.41, 5.74) is 5.43. The van der Waals surface area contributed by atoms with Crippen molar-refractivity contribution < 1.29 is 18.0 Å². The van der Waals surface area contributed by atoms with Gasteiger partial charge >= 0.3 is 0 Å². The van der Waals surface area contributed by atoms with Crippen molar-refractivity contribution in [3.05, 3.63) is 58.1 Å². The summed E-state index contributed by atoms with van der Waals surface area (Å²) in [6, 6.07) is 11.3. The lowest BCUT2D eigenvalue weighted by Gasteiger charge is -2.09. The lowest BCUT2D eigenvalue weighted by molar-refractivity contribution is -0.127. The van der Waals surface area contributed by atoms with Gasteiger partial charge in [-0.25, -0.2) is 13.1 Å². The quantitative estimate of drug-likeness (QED) is 0.402. The fraction of sp³-hybridized carbons (Fsp3) is 0.222. The maximum Gasteiger partial charge on any atom is 0.248 e. The van der Waals surface area contributed by atoms with Gasteiger partial charge in [0, 0.05) is 22.9 Å². The molecule has 7 nitrogen and oxygen atoms in total. The van der Waals surface area contributed by atoms with Crippen LogP contribution < -0.4 is 15.6 Å². The van der Waals surface area contributed by atoms with Gasteiger partial charge in [0.15, 0.2) is 0 Å². The summed E-state index contributed by atoms with van der Waals surface area (Å²) in [6.07, 6.45) is -0.140. The van der Waals surface area contributed by atoms with Gasteiger partial charge in [0.2, 0.25) is 21.8 Å².